The molecule has 2 aliphatic rings. The second-order valence-electron chi connectivity index (χ2n) is 8.13. The monoisotopic (exact) mass is 451 g/mol. The van der Waals surface area contributed by atoms with Crippen molar-refractivity contribution in [1.82, 2.24) is 19.8 Å². The molecule has 0 spiro atoms. The smallest absolute Gasteiger partial charge is 0.277 e. The van der Waals surface area contributed by atoms with Crippen LogP contribution in [-0.2, 0) is 14.3 Å². The fourth-order valence-electron chi connectivity index (χ4n) is 4.12. The van der Waals surface area contributed by atoms with Gasteiger partial charge in [-0.15, -0.1) is 0 Å². The molecule has 0 unspecified atom stereocenters. The van der Waals surface area contributed by atoms with Crippen molar-refractivity contribution in [3.8, 4) is 5.75 Å². The summed E-state index contributed by atoms with van der Waals surface area (Å²) in [5, 5.41) is 0. The van der Waals surface area contributed by atoms with Crippen LogP contribution >= 0.6 is 0 Å². The molecule has 0 N–H and O–H groups in total. The zero-order valence-corrected chi connectivity index (χ0v) is 19.2. The number of imide groups is 1. The van der Waals surface area contributed by atoms with Crippen LogP contribution in [0.2, 0.25) is 0 Å². The minimum atomic E-state index is -0.319. The first-order valence-electron chi connectivity index (χ1n) is 11.1. The molecule has 2 aliphatic heterocycles. The highest BCUT2D eigenvalue weighted by molar-refractivity contribution is 6.36. The third-order valence-corrected chi connectivity index (χ3v) is 5.72. The summed E-state index contributed by atoms with van der Waals surface area (Å²) in [4.78, 5) is 41.0. The van der Waals surface area contributed by atoms with Crippen molar-refractivity contribution < 1.29 is 19.1 Å². The molecular weight excluding hydrogens is 422 g/mol. The van der Waals surface area contributed by atoms with Crippen molar-refractivity contribution in [3.63, 3.8) is 0 Å². The van der Waals surface area contributed by atoms with Gasteiger partial charge in [0.25, 0.3) is 11.8 Å². The van der Waals surface area contributed by atoms with E-state index in [2.05, 4.69) is 14.9 Å². The number of hydrogen-bond donors (Lipinski definition) is 0. The molecule has 1 aromatic heterocycles. The largest absolute Gasteiger partial charge is 0.496 e. The highest BCUT2D eigenvalue weighted by Crippen LogP contribution is 2.36. The zero-order chi connectivity index (χ0) is 23.4. The van der Waals surface area contributed by atoms with Gasteiger partial charge in [-0.3, -0.25) is 14.5 Å². The van der Waals surface area contributed by atoms with Gasteiger partial charge in [0.05, 0.1) is 31.9 Å². The highest BCUT2D eigenvalue weighted by atomic mass is 16.5. The fourth-order valence-corrected chi connectivity index (χ4v) is 4.12. The van der Waals surface area contributed by atoms with Crippen LogP contribution in [0.3, 0.4) is 0 Å². The molecule has 9 nitrogen and oxygen atoms in total. The van der Waals surface area contributed by atoms with Gasteiger partial charge in [-0.05, 0) is 26.0 Å². The molecule has 0 radical (unpaired) electrons. The fraction of sp³-hybridized carbons (Fsp3) is 0.417. The van der Waals surface area contributed by atoms with Crippen LogP contribution in [-0.4, -0.2) is 84.1 Å². The van der Waals surface area contributed by atoms with Crippen molar-refractivity contribution >= 4 is 23.3 Å². The standard InChI is InChI=1S/C24H29N5O4/c1-17(2)33-16-15-29-22(30)20(18-7-4-5-8-19(18)32-3)21(23(29)31)27-11-13-28(14-12-27)24-25-9-6-10-26-24/h4-10,17H,11-16H2,1-3H3. The van der Waals surface area contributed by atoms with Crippen LogP contribution in [0.25, 0.3) is 5.57 Å². The van der Waals surface area contributed by atoms with E-state index >= 15 is 0 Å². The summed E-state index contributed by atoms with van der Waals surface area (Å²) in [5.41, 5.74) is 1.42. The van der Waals surface area contributed by atoms with Crippen LogP contribution in [0.15, 0.2) is 48.4 Å². The molecule has 1 fully saturated rings. The van der Waals surface area contributed by atoms with Crippen molar-refractivity contribution in [3.05, 3.63) is 54.0 Å². The summed E-state index contributed by atoms with van der Waals surface area (Å²) in [6, 6.07) is 9.09. The average molecular weight is 452 g/mol. The lowest BCUT2D eigenvalue weighted by Gasteiger charge is -2.36. The topological polar surface area (TPSA) is 88.1 Å². The first-order valence-corrected chi connectivity index (χ1v) is 11.1. The van der Waals surface area contributed by atoms with Crippen LogP contribution in [0.1, 0.15) is 19.4 Å². The Balaban J connectivity index is 1.63. The summed E-state index contributed by atoms with van der Waals surface area (Å²) >= 11 is 0. The number of nitrogens with zero attached hydrogens (tertiary/aromatic N) is 5. The third kappa shape index (κ3) is 4.68. The zero-order valence-electron chi connectivity index (χ0n) is 19.2. The van der Waals surface area contributed by atoms with Crippen LogP contribution in [0.5, 0.6) is 5.75 Å². The Kier molecular flexibility index (Phi) is 6.88. The van der Waals surface area contributed by atoms with E-state index in [4.69, 9.17) is 9.47 Å². The van der Waals surface area contributed by atoms with Crippen molar-refractivity contribution in [1.29, 1.82) is 0 Å². The molecule has 3 heterocycles. The van der Waals surface area contributed by atoms with Crippen molar-refractivity contribution in [2.24, 2.45) is 0 Å². The molecule has 4 rings (SSSR count). The number of anilines is 1. The number of aromatic nitrogens is 2. The van der Waals surface area contributed by atoms with E-state index in [0.29, 0.717) is 61.3 Å². The number of ether oxygens (including phenoxy) is 2. The predicted octanol–water partition coefficient (Wildman–Crippen LogP) is 1.81. The Bertz CT molecular complexity index is 1030. The van der Waals surface area contributed by atoms with Crippen LogP contribution in [0, 0.1) is 0 Å². The molecule has 33 heavy (non-hydrogen) atoms. The second kappa shape index (κ2) is 9.99. The number of piperazine rings is 1. The van der Waals surface area contributed by atoms with Gasteiger partial charge in [0, 0.05) is 44.1 Å². The highest BCUT2D eigenvalue weighted by Gasteiger charge is 2.43. The van der Waals surface area contributed by atoms with E-state index in [1.54, 1.807) is 31.6 Å². The van der Waals surface area contributed by atoms with E-state index in [1.165, 1.54) is 4.90 Å². The van der Waals surface area contributed by atoms with Crippen molar-refractivity contribution in [2.45, 2.75) is 20.0 Å². The van der Waals surface area contributed by atoms with Gasteiger partial charge in [0.2, 0.25) is 5.95 Å². The molecule has 9 heteroatoms. The number of methoxy groups -OCH3 is 1. The van der Waals surface area contributed by atoms with Crippen LogP contribution < -0.4 is 9.64 Å². The molecule has 2 aromatic rings. The number of rotatable bonds is 8. The van der Waals surface area contributed by atoms with Gasteiger partial charge in [-0.2, -0.15) is 0 Å². The summed E-state index contributed by atoms with van der Waals surface area (Å²) in [5.74, 6) is 0.610. The van der Waals surface area contributed by atoms with E-state index in [0.717, 1.165) is 0 Å². The molecule has 0 saturated carbocycles. The molecule has 2 amide bonds. The van der Waals surface area contributed by atoms with Crippen molar-refractivity contribution in [2.75, 3.05) is 51.3 Å². The third-order valence-electron chi connectivity index (χ3n) is 5.72. The second-order valence-corrected chi connectivity index (χ2v) is 8.13. The SMILES string of the molecule is COc1ccccc1C1=C(N2CCN(c3ncccn3)CC2)C(=O)N(CCOC(C)C)C1=O. The maximum atomic E-state index is 13.5. The minimum Gasteiger partial charge on any atom is -0.496 e. The van der Waals surface area contributed by atoms with E-state index in [1.807, 2.05) is 36.9 Å². The first-order chi connectivity index (χ1) is 16.0. The maximum Gasteiger partial charge on any atom is 0.277 e. The average Bonchev–Trinajstić information content (AvgIpc) is 3.09. The number of benzene rings is 1. The minimum absolute atomic E-state index is 0.0206. The Labute approximate surface area is 193 Å². The predicted molar refractivity (Wildman–Crippen MR) is 124 cm³/mol. The Morgan fingerprint density at radius 2 is 1.61 bits per heavy atom. The van der Waals surface area contributed by atoms with E-state index < -0.39 is 0 Å². The van der Waals surface area contributed by atoms with Gasteiger partial charge in [0.1, 0.15) is 11.4 Å². The lowest BCUT2D eigenvalue weighted by atomic mass is 10.0. The molecular formula is C24H29N5O4. The number of carbonyl (C=O) groups excluding carboxylic acids is 2. The Morgan fingerprint density at radius 3 is 2.27 bits per heavy atom. The number of para-hydroxylation sites is 1. The number of hydrogen-bond acceptors (Lipinski definition) is 8. The Morgan fingerprint density at radius 1 is 0.939 bits per heavy atom. The quantitative estimate of drug-likeness (QED) is 0.562. The molecule has 174 valence electrons. The summed E-state index contributed by atoms with van der Waals surface area (Å²) in [6.07, 6.45) is 3.45. The lowest BCUT2D eigenvalue weighted by molar-refractivity contribution is -0.138. The summed E-state index contributed by atoms with van der Waals surface area (Å²) < 4.78 is 11.1. The molecule has 0 atom stereocenters. The van der Waals surface area contributed by atoms with Gasteiger partial charge in [-0.25, -0.2) is 9.97 Å². The summed E-state index contributed by atoms with van der Waals surface area (Å²) in [7, 11) is 1.56. The van der Waals surface area contributed by atoms with Gasteiger partial charge >= 0.3 is 0 Å². The van der Waals surface area contributed by atoms with Gasteiger partial charge in [-0.1, -0.05) is 18.2 Å². The maximum absolute atomic E-state index is 13.5. The normalized spacial score (nSPS) is 16.9. The number of amides is 2. The molecule has 1 aromatic carbocycles. The van der Waals surface area contributed by atoms with E-state index in [9.17, 15) is 9.59 Å². The summed E-state index contributed by atoms with van der Waals surface area (Å²) in [6.45, 7) is 6.77. The Hall–Kier alpha value is -3.46. The lowest BCUT2D eigenvalue weighted by Crippen LogP contribution is -2.48. The van der Waals surface area contributed by atoms with Gasteiger partial charge in [0.15, 0.2) is 0 Å². The molecule has 1 saturated heterocycles. The molecule has 0 bridgehead atoms. The van der Waals surface area contributed by atoms with E-state index in [-0.39, 0.29) is 24.5 Å². The molecule has 0 aliphatic carbocycles. The first kappa shape index (κ1) is 22.7. The number of carbonyl (C=O) groups is 2. The van der Waals surface area contributed by atoms with Gasteiger partial charge < -0.3 is 19.3 Å². The van der Waals surface area contributed by atoms with Crippen LogP contribution in [0.4, 0.5) is 5.95 Å².